The number of methoxy groups -OCH3 is 2. The highest BCUT2D eigenvalue weighted by Gasteiger charge is 2.19. The quantitative estimate of drug-likeness (QED) is 0.780. The van der Waals surface area contributed by atoms with Crippen LogP contribution in [0.25, 0.3) is 10.9 Å². The van der Waals surface area contributed by atoms with Gasteiger partial charge in [0.1, 0.15) is 11.4 Å². The molecule has 2 aromatic carbocycles. The Morgan fingerprint density at radius 2 is 1.77 bits per heavy atom. The van der Waals surface area contributed by atoms with Crippen LogP contribution in [0.3, 0.4) is 0 Å². The normalized spacial score (nSPS) is 10.6. The molecule has 26 heavy (non-hydrogen) atoms. The number of H-pyrrole nitrogens is 1. The molecule has 1 N–H and O–H groups in total. The number of carbonyl (C=O) groups is 1. The van der Waals surface area contributed by atoms with Crippen molar-refractivity contribution in [1.82, 2.24) is 4.98 Å². The van der Waals surface area contributed by atoms with Gasteiger partial charge in [0.2, 0.25) is 0 Å². The number of benzene rings is 2. The van der Waals surface area contributed by atoms with Gasteiger partial charge in [-0.3, -0.25) is 9.59 Å². The van der Waals surface area contributed by atoms with Crippen molar-refractivity contribution in [3.05, 3.63) is 64.2 Å². The summed E-state index contributed by atoms with van der Waals surface area (Å²) < 4.78 is 23.7. The van der Waals surface area contributed by atoms with Crippen LogP contribution in [0.1, 0.15) is 10.4 Å². The van der Waals surface area contributed by atoms with Crippen molar-refractivity contribution in [3.8, 4) is 11.5 Å². The molecule has 0 aliphatic heterocycles. The molecule has 3 aromatic rings. The van der Waals surface area contributed by atoms with Gasteiger partial charge in [0.05, 0.1) is 19.7 Å². The number of fused-ring (bicyclic) bond motifs is 1. The highest BCUT2D eigenvalue weighted by molar-refractivity contribution is 6.07. The highest BCUT2D eigenvalue weighted by atomic mass is 19.1. The number of amides is 1. The molecule has 0 unspecified atom stereocenters. The van der Waals surface area contributed by atoms with E-state index < -0.39 is 17.3 Å². The third-order valence-corrected chi connectivity index (χ3v) is 4.10. The lowest BCUT2D eigenvalue weighted by Gasteiger charge is -2.19. The van der Waals surface area contributed by atoms with Gasteiger partial charge in [-0.2, -0.15) is 0 Å². The molecule has 7 heteroatoms. The molecule has 0 saturated heterocycles. The number of nitrogens with zero attached hydrogens (tertiary/aromatic N) is 1. The second-order valence-electron chi connectivity index (χ2n) is 5.65. The van der Waals surface area contributed by atoms with Gasteiger partial charge in [-0.05, 0) is 41.8 Å². The third-order valence-electron chi connectivity index (χ3n) is 4.10. The summed E-state index contributed by atoms with van der Waals surface area (Å²) in [7, 11) is 4.57. The number of hydrogen-bond donors (Lipinski definition) is 1. The van der Waals surface area contributed by atoms with Crippen molar-refractivity contribution < 1.29 is 18.7 Å². The first-order chi connectivity index (χ1) is 12.4. The van der Waals surface area contributed by atoms with Crippen LogP contribution in [0.5, 0.6) is 11.5 Å². The molecule has 0 fully saturated rings. The summed E-state index contributed by atoms with van der Waals surface area (Å²) in [4.78, 5) is 28.9. The Hall–Kier alpha value is -3.35. The topological polar surface area (TPSA) is 71.6 Å². The monoisotopic (exact) mass is 356 g/mol. The average molecular weight is 356 g/mol. The number of aromatic nitrogens is 1. The second kappa shape index (κ2) is 6.87. The summed E-state index contributed by atoms with van der Waals surface area (Å²) in [5, 5.41) is 0.565. The van der Waals surface area contributed by atoms with E-state index >= 15 is 0 Å². The third kappa shape index (κ3) is 3.11. The molecule has 1 amide bonds. The van der Waals surface area contributed by atoms with Crippen molar-refractivity contribution in [3.63, 3.8) is 0 Å². The summed E-state index contributed by atoms with van der Waals surface area (Å²) in [6, 6.07) is 10.4. The van der Waals surface area contributed by atoms with Crippen molar-refractivity contribution in [2.75, 3.05) is 26.2 Å². The van der Waals surface area contributed by atoms with E-state index in [1.54, 1.807) is 25.2 Å². The highest BCUT2D eigenvalue weighted by Crippen LogP contribution is 2.31. The first-order valence-electron chi connectivity index (χ1n) is 7.77. The smallest absolute Gasteiger partial charge is 0.263 e. The van der Waals surface area contributed by atoms with Crippen LogP contribution in [0.15, 0.2) is 47.3 Å². The standard InChI is InChI=1S/C19H17FN2O4/c1-22(13-6-7-16(25-2)17(10-13)26-3)19(24)14-8-11-4-5-12(20)9-15(11)21-18(14)23/h4-10H,1-3H3,(H,21,23). The summed E-state index contributed by atoms with van der Waals surface area (Å²) >= 11 is 0. The van der Waals surface area contributed by atoms with Crippen LogP contribution >= 0.6 is 0 Å². The molecular weight excluding hydrogens is 339 g/mol. The fraction of sp³-hybridized carbons (Fsp3) is 0.158. The maximum Gasteiger partial charge on any atom is 0.263 e. The zero-order valence-electron chi connectivity index (χ0n) is 14.5. The number of pyridine rings is 1. The van der Waals surface area contributed by atoms with Crippen LogP contribution in [0.4, 0.5) is 10.1 Å². The van der Waals surface area contributed by atoms with E-state index in [0.717, 1.165) is 0 Å². The Morgan fingerprint density at radius 1 is 1.04 bits per heavy atom. The number of halogens is 1. The zero-order chi connectivity index (χ0) is 18.8. The maximum atomic E-state index is 13.3. The van der Waals surface area contributed by atoms with Gasteiger partial charge < -0.3 is 19.4 Å². The van der Waals surface area contributed by atoms with Gasteiger partial charge in [-0.25, -0.2) is 4.39 Å². The summed E-state index contributed by atoms with van der Waals surface area (Å²) in [6.45, 7) is 0. The number of carbonyl (C=O) groups excluding carboxylic acids is 1. The fourth-order valence-corrected chi connectivity index (χ4v) is 2.66. The van der Waals surface area contributed by atoms with Gasteiger partial charge in [-0.1, -0.05) is 0 Å². The summed E-state index contributed by atoms with van der Waals surface area (Å²) in [5.74, 6) is 0.0367. The van der Waals surface area contributed by atoms with Gasteiger partial charge >= 0.3 is 0 Å². The van der Waals surface area contributed by atoms with Gasteiger partial charge in [0, 0.05) is 18.8 Å². The van der Waals surface area contributed by atoms with E-state index in [-0.39, 0.29) is 5.56 Å². The lowest BCUT2D eigenvalue weighted by Crippen LogP contribution is -2.31. The molecule has 134 valence electrons. The first-order valence-corrected chi connectivity index (χ1v) is 7.77. The minimum Gasteiger partial charge on any atom is -0.493 e. The number of hydrogen-bond acceptors (Lipinski definition) is 4. The molecule has 0 bridgehead atoms. The van der Waals surface area contributed by atoms with Crippen LogP contribution < -0.4 is 19.9 Å². The predicted octanol–water partition coefficient (Wildman–Crippen LogP) is 2.96. The second-order valence-corrected chi connectivity index (χ2v) is 5.65. The van der Waals surface area contributed by atoms with Crippen molar-refractivity contribution >= 4 is 22.5 Å². The maximum absolute atomic E-state index is 13.3. The zero-order valence-corrected chi connectivity index (χ0v) is 14.5. The molecule has 1 heterocycles. The molecule has 0 atom stereocenters. The minimum atomic E-state index is -0.583. The van der Waals surface area contributed by atoms with Crippen molar-refractivity contribution in [1.29, 1.82) is 0 Å². The lowest BCUT2D eigenvalue weighted by molar-refractivity contribution is 0.0991. The number of rotatable bonds is 4. The fourth-order valence-electron chi connectivity index (χ4n) is 2.66. The van der Waals surface area contributed by atoms with Crippen LogP contribution in [0, 0.1) is 5.82 Å². The largest absolute Gasteiger partial charge is 0.493 e. The lowest BCUT2D eigenvalue weighted by atomic mass is 10.1. The molecule has 0 spiro atoms. The first kappa shape index (κ1) is 17.5. The number of anilines is 1. The van der Waals surface area contributed by atoms with E-state index in [4.69, 9.17) is 9.47 Å². The van der Waals surface area contributed by atoms with Crippen LogP contribution in [-0.2, 0) is 0 Å². The van der Waals surface area contributed by atoms with E-state index in [0.29, 0.717) is 28.1 Å². The molecule has 1 aromatic heterocycles. The molecule has 0 saturated carbocycles. The number of ether oxygens (including phenoxy) is 2. The number of aromatic amines is 1. The SMILES string of the molecule is COc1ccc(N(C)C(=O)c2cc3ccc(F)cc3[nH]c2=O)cc1OC. The molecule has 3 rings (SSSR count). The Morgan fingerprint density at radius 3 is 2.46 bits per heavy atom. The number of nitrogens with one attached hydrogen (secondary N) is 1. The van der Waals surface area contributed by atoms with Crippen molar-refractivity contribution in [2.24, 2.45) is 0 Å². The van der Waals surface area contributed by atoms with Crippen LogP contribution in [-0.4, -0.2) is 32.2 Å². The average Bonchev–Trinajstić information content (AvgIpc) is 2.65. The Kier molecular flexibility index (Phi) is 4.62. The van der Waals surface area contributed by atoms with Gasteiger partial charge in [-0.15, -0.1) is 0 Å². The Bertz CT molecular complexity index is 1050. The van der Waals surface area contributed by atoms with E-state index in [9.17, 15) is 14.0 Å². The van der Waals surface area contributed by atoms with Gasteiger partial charge in [0.15, 0.2) is 11.5 Å². The predicted molar refractivity (Wildman–Crippen MR) is 96.8 cm³/mol. The molecule has 0 aliphatic rings. The Balaban J connectivity index is 2.01. The van der Waals surface area contributed by atoms with Gasteiger partial charge in [0.25, 0.3) is 11.5 Å². The molecule has 0 radical (unpaired) electrons. The summed E-state index contributed by atoms with van der Waals surface area (Å²) in [6.07, 6.45) is 0. The molecular formula is C19H17FN2O4. The summed E-state index contributed by atoms with van der Waals surface area (Å²) in [5.41, 5.74) is 0.244. The van der Waals surface area contributed by atoms with Crippen molar-refractivity contribution in [2.45, 2.75) is 0 Å². The minimum absolute atomic E-state index is 0.0404. The van der Waals surface area contributed by atoms with E-state index in [1.165, 1.54) is 43.4 Å². The van der Waals surface area contributed by atoms with Crippen LogP contribution in [0.2, 0.25) is 0 Å². The van der Waals surface area contributed by atoms with E-state index in [1.807, 2.05) is 0 Å². The molecule has 0 aliphatic carbocycles. The van der Waals surface area contributed by atoms with E-state index in [2.05, 4.69) is 4.98 Å². The Labute approximate surface area is 148 Å². The molecule has 6 nitrogen and oxygen atoms in total.